The molecule has 3 atom stereocenters. The molecule has 4 fully saturated rings. The third-order valence-corrected chi connectivity index (χ3v) is 6.72. The maximum atomic E-state index is 11.0. The molecule has 23 heavy (non-hydrogen) atoms. The molecule has 0 aromatic heterocycles. The first kappa shape index (κ1) is 15.0. The van der Waals surface area contributed by atoms with E-state index >= 15 is 0 Å². The van der Waals surface area contributed by atoms with Crippen LogP contribution in [0.5, 0.6) is 5.75 Å². The number of hydrogen-bond acceptors (Lipinski definition) is 3. The van der Waals surface area contributed by atoms with Crippen LogP contribution in [0.1, 0.15) is 51.5 Å². The summed E-state index contributed by atoms with van der Waals surface area (Å²) in [5.41, 5.74) is 1.61. The highest BCUT2D eigenvalue weighted by molar-refractivity contribution is 5.65. The predicted molar refractivity (Wildman–Crippen MR) is 88.1 cm³/mol. The second-order valence-electron chi connectivity index (χ2n) is 7.95. The zero-order valence-electron chi connectivity index (χ0n) is 14.1. The zero-order chi connectivity index (χ0) is 16.0. The van der Waals surface area contributed by atoms with Gasteiger partial charge in [0.25, 0.3) is 0 Å². The van der Waals surface area contributed by atoms with Crippen molar-refractivity contribution in [3.63, 3.8) is 0 Å². The SMILES string of the molecule is CC(=O)OCOc1ccccc1C12CC3CC(CC(C3)C1C)C2. The molecule has 4 aliphatic rings. The molecule has 0 N–H and O–H groups in total. The van der Waals surface area contributed by atoms with Crippen molar-refractivity contribution in [2.75, 3.05) is 6.79 Å². The molecule has 1 aromatic rings. The van der Waals surface area contributed by atoms with E-state index in [9.17, 15) is 4.79 Å². The van der Waals surface area contributed by atoms with Crippen molar-refractivity contribution in [2.45, 2.75) is 51.4 Å². The Morgan fingerprint density at radius 2 is 1.87 bits per heavy atom. The lowest BCUT2D eigenvalue weighted by Crippen LogP contribution is -2.54. The van der Waals surface area contributed by atoms with Crippen LogP contribution in [0.25, 0.3) is 0 Å². The fraction of sp³-hybridized carbons (Fsp3) is 0.650. The quantitative estimate of drug-likeness (QED) is 0.614. The molecule has 0 amide bonds. The molecule has 3 unspecified atom stereocenters. The van der Waals surface area contributed by atoms with Crippen molar-refractivity contribution in [3.8, 4) is 5.75 Å². The van der Waals surface area contributed by atoms with Crippen LogP contribution in [-0.4, -0.2) is 12.8 Å². The van der Waals surface area contributed by atoms with E-state index < -0.39 is 0 Å². The Kier molecular flexibility index (Phi) is 3.62. The number of rotatable bonds is 4. The van der Waals surface area contributed by atoms with Crippen LogP contribution < -0.4 is 4.74 Å². The molecule has 4 aliphatic carbocycles. The third kappa shape index (κ3) is 2.45. The fourth-order valence-electron chi connectivity index (χ4n) is 5.94. The molecule has 1 aromatic carbocycles. The van der Waals surface area contributed by atoms with Crippen molar-refractivity contribution >= 4 is 5.97 Å². The summed E-state index contributed by atoms with van der Waals surface area (Å²) in [6.45, 7) is 3.87. The monoisotopic (exact) mass is 314 g/mol. The molecule has 3 heteroatoms. The Hall–Kier alpha value is -1.51. The molecule has 4 saturated carbocycles. The first-order valence-electron chi connectivity index (χ1n) is 8.94. The summed E-state index contributed by atoms with van der Waals surface area (Å²) in [4.78, 5) is 11.0. The van der Waals surface area contributed by atoms with Gasteiger partial charge < -0.3 is 9.47 Å². The minimum Gasteiger partial charge on any atom is -0.457 e. The van der Waals surface area contributed by atoms with Crippen molar-refractivity contribution in [1.29, 1.82) is 0 Å². The summed E-state index contributed by atoms with van der Waals surface area (Å²) < 4.78 is 10.8. The lowest BCUT2D eigenvalue weighted by Gasteiger charge is -2.61. The summed E-state index contributed by atoms with van der Waals surface area (Å²) in [5, 5.41) is 0. The highest BCUT2D eigenvalue weighted by atomic mass is 16.7. The van der Waals surface area contributed by atoms with Gasteiger partial charge in [0.1, 0.15) is 5.75 Å². The van der Waals surface area contributed by atoms with Crippen LogP contribution in [0, 0.1) is 23.7 Å². The number of esters is 1. The molecule has 124 valence electrons. The van der Waals surface area contributed by atoms with Crippen LogP contribution in [0.4, 0.5) is 0 Å². The molecular weight excluding hydrogens is 288 g/mol. The van der Waals surface area contributed by atoms with Crippen LogP contribution in [0.15, 0.2) is 24.3 Å². The second-order valence-corrected chi connectivity index (χ2v) is 7.95. The predicted octanol–water partition coefficient (Wildman–Crippen LogP) is 4.30. The maximum absolute atomic E-state index is 11.0. The highest BCUT2D eigenvalue weighted by Crippen LogP contribution is 2.64. The number of benzene rings is 1. The van der Waals surface area contributed by atoms with E-state index in [1.807, 2.05) is 12.1 Å². The lowest BCUT2D eigenvalue weighted by molar-refractivity contribution is -0.147. The Balaban J connectivity index is 1.65. The first-order valence-corrected chi connectivity index (χ1v) is 8.94. The number of ether oxygens (including phenoxy) is 2. The topological polar surface area (TPSA) is 35.5 Å². The molecule has 0 aliphatic heterocycles. The molecule has 5 rings (SSSR count). The molecule has 0 radical (unpaired) electrons. The van der Waals surface area contributed by atoms with Crippen molar-refractivity contribution < 1.29 is 14.3 Å². The van der Waals surface area contributed by atoms with Gasteiger partial charge in [0.2, 0.25) is 6.79 Å². The van der Waals surface area contributed by atoms with Gasteiger partial charge in [0, 0.05) is 17.9 Å². The summed E-state index contributed by atoms with van der Waals surface area (Å²) in [7, 11) is 0. The maximum Gasteiger partial charge on any atom is 0.305 e. The van der Waals surface area contributed by atoms with Gasteiger partial charge in [-0.1, -0.05) is 25.1 Å². The average molecular weight is 314 g/mol. The van der Waals surface area contributed by atoms with E-state index in [-0.39, 0.29) is 18.2 Å². The van der Waals surface area contributed by atoms with Gasteiger partial charge in [-0.25, -0.2) is 0 Å². The number of carbonyl (C=O) groups is 1. The van der Waals surface area contributed by atoms with E-state index in [2.05, 4.69) is 19.1 Å². The summed E-state index contributed by atoms with van der Waals surface area (Å²) >= 11 is 0. The van der Waals surface area contributed by atoms with Gasteiger partial charge in [0.15, 0.2) is 0 Å². The summed E-state index contributed by atoms with van der Waals surface area (Å²) in [6.07, 6.45) is 6.89. The normalized spacial score (nSPS) is 37.7. The minimum absolute atomic E-state index is 0.00704. The number of hydrogen-bond donors (Lipinski definition) is 0. The van der Waals surface area contributed by atoms with Gasteiger partial charge in [-0.3, -0.25) is 4.79 Å². The van der Waals surface area contributed by atoms with E-state index in [0.717, 1.165) is 23.5 Å². The van der Waals surface area contributed by atoms with E-state index in [1.54, 1.807) is 0 Å². The van der Waals surface area contributed by atoms with Gasteiger partial charge in [-0.15, -0.1) is 0 Å². The summed E-state index contributed by atoms with van der Waals surface area (Å²) in [5.74, 6) is 3.99. The van der Waals surface area contributed by atoms with Crippen LogP contribution in [-0.2, 0) is 14.9 Å². The number of para-hydroxylation sites is 1. The van der Waals surface area contributed by atoms with Gasteiger partial charge in [-0.2, -0.15) is 0 Å². The molecule has 0 spiro atoms. The summed E-state index contributed by atoms with van der Waals surface area (Å²) in [6, 6.07) is 8.41. The lowest BCUT2D eigenvalue weighted by atomic mass is 9.44. The van der Waals surface area contributed by atoms with Gasteiger partial charge >= 0.3 is 5.97 Å². The Morgan fingerprint density at radius 1 is 1.17 bits per heavy atom. The standard InChI is InChI=1S/C20H26O3/c1-13-17-8-15-7-16(9-17)11-20(13,10-15)18-5-3-4-6-19(18)23-12-22-14(2)21/h3-6,13,15-17H,7-12H2,1-2H3. The largest absolute Gasteiger partial charge is 0.457 e. The molecule has 0 saturated heterocycles. The van der Waals surface area contributed by atoms with Crippen LogP contribution in [0.2, 0.25) is 0 Å². The zero-order valence-corrected chi connectivity index (χ0v) is 14.1. The Morgan fingerprint density at radius 3 is 2.57 bits per heavy atom. The van der Waals surface area contributed by atoms with Crippen molar-refractivity contribution in [3.05, 3.63) is 29.8 Å². The van der Waals surface area contributed by atoms with E-state index in [4.69, 9.17) is 9.47 Å². The molecule has 4 bridgehead atoms. The highest BCUT2D eigenvalue weighted by Gasteiger charge is 2.56. The van der Waals surface area contributed by atoms with Crippen molar-refractivity contribution in [2.24, 2.45) is 23.7 Å². The number of carbonyl (C=O) groups excluding carboxylic acids is 1. The smallest absolute Gasteiger partial charge is 0.305 e. The van der Waals surface area contributed by atoms with Crippen LogP contribution >= 0.6 is 0 Å². The minimum atomic E-state index is -0.300. The van der Waals surface area contributed by atoms with Crippen LogP contribution in [0.3, 0.4) is 0 Å². The molecule has 3 nitrogen and oxygen atoms in total. The third-order valence-electron chi connectivity index (χ3n) is 6.72. The van der Waals surface area contributed by atoms with Gasteiger partial charge in [-0.05, 0) is 61.8 Å². The van der Waals surface area contributed by atoms with E-state index in [1.165, 1.54) is 44.6 Å². The fourth-order valence-corrected chi connectivity index (χ4v) is 5.94. The second kappa shape index (κ2) is 5.54. The molecular formula is C20H26O3. The first-order chi connectivity index (χ1) is 11.1. The molecule has 0 heterocycles. The van der Waals surface area contributed by atoms with E-state index in [0.29, 0.717) is 5.92 Å². The average Bonchev–Trinajstić information content (AvgIpc) is 2.52. The Labute approximate surface area is 138 Å². The van der Waals surface area contributed by atoms with Crippen molar-refractivity contribution in [1.82, 2.24) is 0 Å². The Bertz CT molecular complexity index is 595. The van der Waals surface area contributed by atoms with Gasteiger partial charge in [0.05, 0.1) is 0 Å².